The molecule has 0 fully saturated rings. The number of aliphatic hydroxyl groups excluding tert-OH is 1. The molecule has 102 valence electrons. The van der Waals surface area contributed by atoms with E-state index in [9.17, 15) is 4.79 Å². The van der Waals surface area contributed by atoms with E-state index in [1.807, 2.05) is 12.1 Å². The fourth-order valence-corrected chi connectivity index (χ4v) is 2.60. The van der Waals surface area contributed by atoms with Crippen molar-refractivity contribution in [1.29, 1.82) is 0 Å². The van der Waals surface area contributed by atoms with Crippen LogP contribution in [0.5, 0.6) is 0 Å². The molecule has 2 rings (SSSR count). The second-order valence-electron chi connectivity index (χ2n) is 3.79. The number of carbonyl (C=O) groups excluding carboxylic acids is 1. The first kappa shape index (κ1) is 13.7. The number of nitrogens with two attached hydrogens (primary N) is 1. The zero-order valence-electron chi connectivity index (χ0n) is 10.3. The number of ether oxygens (including phenoxy) is 1. The van der Waals surface area contributed by atoms with E-state index in [2.05, 4.69) is 10.3 Å². The molecule has 1 amide bonds. The molecule has 0 spiro atoms. The first-order valence-corrected chi connectivity index (χ1v) is 6.65. The Labute approximate surface area is 114 Å². The third kappa shape index (κ3) is 3.19. The molecule has 4 N–H and O–H groups in total. The summed E-state index contributed by atoms with van der Waals surface area (Å²) in [4.78, 5) is 16.6. The quantitative estimate of drug-likeness (QED) is 0.674. The lowest BCUT2D eigenvalue weighted by Crippen LogP contribution is -2.27. The van der Waals surface area contributed by atoms with E-state index in [-0.39, 0.29) is 19.1 Å². The highest BCUT2D eigenvalue weighted by molar-refractivity contribution is 7.21. The van der Waals surface area contributed by atoms with Gasteiger partial charge in [0.25, 0.3) is 5.91 Å². The van der Waals surface area contributed by atoms with Gasteiger partial charge >= 0.3 is 0 Å². The SMILES string of the molecule is Nc1c(C(=O)NCCOCCO)sc2cccnc12. The van der Waals surface area contributed by atoms with Crippen LogP contribution in [0, 0.1) is 0 Å². The number of fused-ring (bicyclic) bond motifs is 1. The summed E-state index contributed by atoms with van der Waals surface area (Å²) < 4.78 is 5.94. The van der Waals surface area contributed by atoms with Crippen LogP contribution in [-0.4, -0.2) is 42.4 Å². The zero-order valence-corrected chi connectivity index (χ0v) is 11.1. The van der Waals surface area contributed by atoms with Gasteiger partial charge in [-0.3, -0.25) is 9.78 Å². The topological polar surface area (TPSA) is 97.5 Å². The lowest BCUT2D eigenvalue weighted by molar-refractivity contribution is 0.0841. The van der Waals surface area contributed by atoms with Crippen LogP contribution >= 0.6 is 11.3 Å². The van der Waals surface area contributed by atoms with E-state index in [1.54, 1.807) is 6.20 Å². The molecular weight excluding hydrogens is 266 g/mol. The molecule has 0 atom stereocenters. The lowest BCUT2D eigenvalue weighted by Gasteiger charge is -2.04. The molecule has 0 saturated heterocycles. The van der Waals surface area contributed by atoms with Crippen LogP contribution in [0.1, 0.15) is 9.67 Å². The van der Waals surface area contributed by atoms with Crippen LogP contribution in [0.15, 0.2) is 18.3 Å². The third-order valence-electron chi connectivity index (χ3n) is 2.46. The van der Waals surface area contributed by atoms with Gasteiger partial charge in [0.05, 0.1) is 30.2 Å². The van der Waals surface area contributed by atoms with Crippen molar-refractivity contribution < 1.29 is 14.6 Å². The summed E-state index contributed by atoms with van der Waals surface area (Å²) in [6.07, 6.45) is 1.65. The molecule has 7 heteroatoms. The van der Waals surface area contributed by atoms with Crippen molar-refractivity contribution in [3.05, 3.63) is 23.2 Å². The number of pyridine rings is 1. The summed E-state index contributed by atoms with van der Waals surface area (Å²) in [7, 11) is 0. The first-order chi connectivity index (χ1) is 9.24. The van der Waals surface area contributed by atoms with Crippen molar-refractivity contribution in [3.63, 3.8) is 0 Å². The second-order valence-corrected chi connectivity index (χ2v) is 4.84. The molecule has 0 radical (unpaired) electrons. The average Bonchev–Trinajstić information content (AvgIpc) is 2.76. The molecule has 6 nitrogen and oxygen atoms in total. The Morgan fingerprint density at radius 3 is 3.11 bits per heavy atom. The maximum Gasteiger partial charge on any atom is 0.263 e. The Morgan fingerprint density at radius 2 is 2.37 bits per heavy atom. The molecular formula is C12H15N3O3S. The van der Waals surface area contributed by atoms with E-state index >= 15 is 0 Å². The van der Waals surface area contributed by atoms with E-state index in [0.717, 1.165) is 4.70 Å². The Balaban J connectivity index is 1.99. The fourth-order valence-electron chi connectivity index (χ4n) is 1.60. The molecule has 0 aliphatic rings. The van der Waals surface area contributed by atoms with Gasteiger partial charge in [0.2, 0.25) is 0 Å². The van der Waals surface area contributed by atoms with Crippen LogP contribution < -0.4 is 11.1 Å². The molecule has 0 aliphatic carbocycles. The minimum Gasteiger partial charge on any atom is -0.396 e. The maximum atomic E-state index is 12.0. The number of hydrogen-bond donors (Lipinski definition) is 3. The van der Waals surface area contributed by atoms with E-state index < -0.39 is 0 Å². The van der Waals surface area contributed by atoms with Gasteiger partial charge in [0.15, 0.2) is 0 Å². The van der Waals surface area contributed by atoms with Crippen LogP contribution in [-0.2, 0) is 4.74 Å². The van der Waals surface area contributed by atoms with Gasteiger partial charge in [-0.15, -0.1) is 11.3 Å². The molecule has 2 aromatic heterocycles. The van der Waals surface area contributed by atoms with Crippen molar-refractivity contribution in [2.24, 2.45) is 0 Å². The Bertz CT molecular complexity index is 570. The zero-order chi connectivity index (χ0) is 13.7. The molecule has 0 aromatic carbocycles. The number of aliphatic hydroxyl groups is 1. The van der Waals surface area contributed by atoms with Gasteiger partial charge in [-0.2, -0.15) is 0 Å². The van der Waals surface area contributed by atoms with E-state index in [0.29, 0.717) is 29.2 Å². The number of nitrogens with one attached hydrogen (secondary N) is 1. The number of hydrogen-bond acceptors (Lipinski definition) is 6. The van der Waals surface area contributed by atoms with Crippen molar-refractivity contribution in [1.82, 2.24) is 10.3 Å². The largest absolute Gasteiger partial charge is 0.396 e. The van der Waals surface area contributed by atoms with Gasteiger partial charge in [-0.25, -0.2) is 0 Å². The maximum absolute atomic E-state index is 12.0. The standard InChI is InChI=1S/C12H15N3O3S/c13-9-10-8(2-1-3-14-10)19-11(9)12(17)15-4-6-18-7-5-16/h1-3,16H,4-7,13H2,(H,15,17). The predicted octanol–water partition coefficient (Wildman–Crippen LogP) is 0.617. The van der Waals surface area contributed by atoms with Gasteiger partial charge in [0, 0.05) is 12.7 Å². The molecule has 0 unspecified atom stereocenters. The van der Waals surface area contributed by atoms with Crippen LogP contribution in [0.4, 0.5) is 5.69 Å². The van der Waals surface area contributed by atoms with Crippen molar-refractivity contribution in [2.45, 2.75) is 0 Å². The summed E-state index contributed by atoms with van der Waals surface area (Å²) in [5.74, 6) is -0.229. The summed E-state index contributed by atoms with van der Waals surface area (Å²) in [5, 5.41) is 11.3. The predicted molar refractivity (Wildman–Crippen MR) is 74.3 cm³/mol. The van der Waals surface area contributed by atoms with Crippen LogP contribution in [0.2, 0.25) is 0 Å². The van der Waals surface area contributed by atoms with E-state index in [4.69, 9.17) is 15.6 Å². The first-order valence-electron chi connectivity index (χ1n) is 5.84. The average molecular weight is 281 g/mol. The molecule has 0 saturated carbocycles. The number of anilines is 1. The van der Waals surface area contributed by atoms with Crippen LogP contribution in [0.3, 0.4) is 0 Å². The highest BCUT2D eigenvalue weighted by Crippen LogP contribution is 2.31. The highest BCUT2D eigenvalue weighted by Gasteiger charge is 2.16. The fraction of sp³-hybridized carbons (Fsp3) is 0.333. The normalized spacial score (nSPS) is 10.8. The van der Waals surface area contributed by atoms with Gasteiger partial charge in [-0.1, -0.05) is 0 Å². The minimum absolute atomic E-state index is 0.0249. The van der Waals surface area contributed by atoms with Crippen molar-refractivity contribution in [3.8, 4) is 0 Å². The molecule has 2 heterocycles. The third-order valence-corrected chi connectivity index (χ3v) is 3.62. The number of carbonyl (C=O) groups is 1. The van der Waals surface area contributed by atoms with Crippen LogP contribution in [0.25, 0.3) is 10.2 Å². The molecule has 19 heavy (non-hydrogen) atoms. The van der Waals surface area contributed by atoms with Crippen molar-refractivity contribution >= 4 is 33.1 Å². The lowest BCUT2D eigenvalue weighted by atomic mass is 10.3. The Morgan fingerprint density at radius 1 is 1.53 bits per heavy atom. The van der Waals surface area contributed by atoms with Crippen molar-refractivity contribution in [2.75, 3.05) is 32.1 Å². The minimum atomic E-state index is -0.229. The number of nitrogen functional groups attached to an aromatic ring is 1. The molecule has 0 bridgehead atoms. The monoisotopic (exact) mass is 281 g/mol. The van der Waals surface area contributed by atoms with Gasteiger partial charge in [0.1, 0.15) is 10.4 Å². The van der Waals surface area contributed by atoms with Gasteiger partial charge < -0.3 is 20.9 Å². The summed E-state index contributed by atoms with van der Waals surface area (Å²) >= 11 is 1.32. The second kappa shape index (κ2) is 6.46. The number of rotatable bonds is 6. The number of amides is 1. The number of thiophene rings is 1. The summed E-state index contributed by atoms with van der Waals surface area (Å²) in [6.45, 7) is 0.975. The summed E-state index contributed by atoms with van der Waals surface area (Å²) in [6, 6.07) is 3.69. The Hall–Kier alpha value is -1.70. The number of nitrogens with zero attached hydrogens (tertiary/aromatic N) is 1. The molecule has 0 aliphatic heterocycles. The highest BCUT2D eigenvalue weighted by atomic mass is 32.1. The number of aromatic nitrogens is 1. The van der Waals surface area contributed by atoms with E-state index in [1.165, 1.54) is 11.3 Å². The molecule has 2 aromatic rings. The Kier molecular flexibility index (Phi) is 4.67. The summed E-state index contributed by atoms with van der Waals surface area (Å²) in [5.41, 5.74) is 6.99. The van der Waals surface area contributed by atoms with Gasteiger partial charge in [-0.05, 0) is 12.1 Å². The smallest absolute Gasteiger partial charge is 0.263 e.